The highest BCUT2D eigenvalue weighted by atomic mass is 16.8. The fraction of sp³-hybridized carbons (Fsp3) is 0.273. The zero-order valence-electron chi connectivity index (χ0n) is 10.6. The van der Waals surface area contributed by atoms with Crippen LogP contribution in [0, 0.1) is 25.4 Å². The van der Waals surface area contributed by atoms with Crippen LogP contribution in [0.4, 0.5) is 0 Å². The summed E-state index contributed by atoms with van der Waals surface area (Å²) in [6.45, 7) is 1.70. The highest BCUT2D eigenvalue weighted by Crippen LogP contribution is 2.44. The molecule has 0 saturated heterocycles. The molecule has 10 nitrogen and oxygen atoms in total. The second kappa shape index (κ2) is 3.98. The van der Waals surface area contributed by atoms with Crippen LogP contribution in [-0.2, 0) is 0 Å². The summed E-state index contributed by atoms with van der Waals surface area (Å²) < 4.78 is 4.40. The smallest absolute Gasteiger partial charge is 0.330 e. The largest absolute Gasteiger partial charge is 0.359 e. The summed E-state index contributed by atoms with van der Waals surface area (Å²) in [5.74, 6) is -1.01. The zero-order chi connectivity index (χ0) is 15.4. The summed E-state index contributed by atoms with van der Waals surface area (Å²) in [6, 6.07) is 0. The maximum Gasteiger partial charge on any atom is 0.330 e. The molecule has 3 rings (SSSR count). The number of rotatable bonds is 2. The van der Waals surface area contributed by atoms with Crippen molar-refractivity contribution in [1.82, 2.24) is 5.16 Å². The SMILES string of the molecule is CC1=C[C@@H]2c3c(no[n+]3[O-])C([N+](=O)[O-])=C[C@]2([N+](=O)[O-])C=C1. The lowest BCUT2D eigenvalue weighted by Gasteiger charge is -2.28. The standard InChI is InChI=1S/C11H8N4O6/c1-6-2-3-11(15(19)20)5-8(13(16)17)9-10(7(11)4-6)14(18)21-12-9/h2-5,7H,1H3/t7-,11-/m1/s1. The van der Waals surface area contributed by atoms with Gasteiger partial charge in [-0.15, -0.1) is 0 Å². The summed E-state index contributed by atoms with van der Waals surface area (Å²) in [7, 11) is 0. The fourth-order valence-corrected chi connectivity index (χ4v) is 2.60. The maximum atomic E-state index is 11.7. The predicted octanol–water partition coefficient (Wildman–Crippen LogP) is 0.554. The van der Waals surface area contributed by atoms with Gasteiger partial charge in [-0.2, -0.15) is 0 Å². The van der Waals surface area contributed by atoms with Crippen molar-refractivity contribution in [2.24, 2.45) is 0 Å². The third-order valence-corrected chi connectivity index (χ3v) is 3.60. The van der Waals surface area contributed by atoms with E-state index in [0.717, 1.165) is 6.08 Å². The molecule has 0 N–H and O–H groups in total. The molecule has 2 aliphatic rings. The lowest BCUT2D eigenvalue weighted by Crippen LogP contribution is -2.48. The van der Waals surface area contributed by atoms with Crippen molar-refractivity contribution >= 4 is 5.70 Å². The Morgan fingerprint density at radius 3 is 2.76 bits per heavy atom. The minimum atomic E-state index is -1.90. The average molecular weight is 292 g/mol. The molecule has 0 radical (unpaired) electrons. The van der Waals surface area contributed by atoms with E-state index < -0.39 is 27.0 Å². The van der Waals surface area contributed by atoms with E-state index >= 15 is 0 Å². The van der Waals surface area contributed by atoms with Crippen molar-refractivity contribution in [2.45, 2.75) is 18.4 Å². The van der Waals surface area contributed by atoms with Crippen LogP contribution in [0.15, 0.2) is 34.5 Å². The predicted molar refractivity (Wildman–Crippen MR) is 65.8 cm³/mol. The maximum absolute atomic E-state index is 11.7. The molecule has 21 heavy (non-hydrogen) atoms. The van der Waals surface area contributed by atoms with E-state index in [2.05, 4.69) is 9.79 Å². The van der Waals surface area contributed by atoms with Gasteiger partial charge in [0.1, 0.15) is 5.92 Å². The lowest BCUT2D eigenvalue weighted by atomic mass is 9.73. The van der Waals surface area contributed by atoms with Crippen molar-refractivity contribution in [3.8, 4) is 0 Å². The Labute approximate surface area is 116 Å². The van der Waals surface area contributed by atoms with Crippen LogP contribution in [0.25, 0.3) is 5.70 Å². The van der Waals surface area contributed by atoms with Gasteiger partial charge in [0, 0.05) is 4.92 Å². The van der Waals surface area contributed by atoms with Crippen LogP contribution in [-0.4, -0.2) is 20.5 Å². The number of hydrogen-bond donors (Lipinski definition) is 0. The van der Waals surface area contributed by atoms with Gasteiger partial charge in [0.05, 0.1) is 16.2 Å². The van der Waals surface area contributed by atoms with Gasteiger partial charge in [-0.3, -0.25) is 24.9 Å². The van der Waals surface area contributed by atoms with E-state index in [9.17, 15) is 25.4 Å². The first kappa shape index (κ1) is 13.0. The molecular formula is C11H8N4O6. The first-order valence-corrected chi connectivity index (χ1v) is 5.86. The summed E-state index contributed by atoms with van der Waals surface area (Å²) in [5.41, 5.74) is -2.33. The number of nitro groups is 2. The van der Waals surface area contributed by atoms with Crippen LogP contribution in [0.3, 0.4) is 0 Å². The van der Waals surface area contributed by atoms with Crippen LogP contribution in [0.1, 0.15) is 24.2 Å². The van der Waals surface area contributed by atoms with Gasteiger partial charge in [0.2, 0.25) is 5.69 Å². The lowest BCUT2D eigenvalue weighted by molar-refractivity contribution is -0.809. The highest BCUT2D eigenvalue weighted by Gasteiger charge is 2.59. The van der Waals surface area contributed by atoms with Gasteiger partial charge in [-0.25, -0.2) is 0 Å². The minimum Gasteiger partial charge on any atom is -0.359 e. The first-order chi connectivity index (χ1) is 9.86. The molecule has 1 aromatic heterocycles. The highest BCUT2D eigenvalue weighted by molar-refractivity contribution is 5.64. The molecule has 0 aromatic carbocycles. The minimum absolute atomic E-state index is 0.0162. The Balaban J connectivity index is 2.36. The van der Waals surface area contributed by atoms with E-state index in [1.165, 1.54) is 18.2 Å². The van der Waals surface area contributed by atoms with Crippen molar-refractivity contribution in [3.05, 3.63) is 66.7 Å². The van der Waals surface area contributed by atoms with Crippen molar-refractivity contribution in [2.75, 3.05) is 0 Å². The molecule has 0 spiro atoms. The van der Waals surface area contributed by atoms with Crippen LogP contribution >= 0.6 is 0 Å². The van der Waals surface area contributed by atoms with Gasteiger partial charge >= 0.3 is 11.4 Å². The second-order valence-corrected chi connectivity index (χ2v) is 4.82. The molecule has 2 aliphatic carbocycles. The summed E-state index contributed by atoms with van der Waals surface area (Å²) in [4.78, 5) is 21.1. The molecule has 0 amide bonds. The average Bonchev–Trinajstić information content (AvgIpc) is 2.80. The van der Waals surface area contributed by atoms with Crippen LogP contribution in [0.2, 0.25) is 0 Å². The van der Waals surface area contributed by atoms with Crippen molar-refractivity contribution in [1.29, 1.82) is 0 Å². The Hall–Kier alpha value is -3.04. The molecule has 0 aliphatic heterocycles. The van der Waals surface area contributed by atoms with E-state index in [-0.39, 0.29) is 16.3 Å². The summed E-state index contributed by atoms with van der Waals surface area (Å²) in [5, 5.41) is 37.7. The van der Waals surface area contributed by atoms with E-state index in [0.29, 0.717) is 5.57 Å². The third kappa shape index (κ3) is 1.58. The molecule has 2 atom stereocenters. The van der Waals surface area contributed by atoms with Crippen molar-refractivity contribution < 1.29 is 19.4 Å². The summed E-state index contributed by atoms with van der Waals surface area (Å²) >= 11 is 0. The molecule has 0 bridgehead atoms. The topological polar surface area (TPSA) is 139 Å². The second-order valence-electron chi connectivity index (χ2n) is 4.82. The van der Waals surface area contributed by atoms with E-state index in [4.69, 9.17) is 0 Å². The summed E-state index contributed by atoms with van der Waals surface area (Å²) in [6.07, 6.45) is 5.13. The molecular weight excluding hydrogens is 284 g/mol. The Kier molecular flexibility index (Phi) is 2.46. The van der Waals surface area contributed by atoms with Gasteiger partial charge < -0.3 is 5.21 Å². The third-order valence-electron chi connectivity index (χ3n) is 3.60. The number of nitrogens with zero attached hydrogens (tertiary/aromatic N) is 4. The molecule has 1 heterocycles. The number of allylic oxidation sites excluding steroid dienone is 2. The molecule has 0 fully saturated rings. The molecule has 0 saturated carbocycles. The molecule has 1 aromatic rings. The van der Waals surface area contributed by atoms with Gasteiger partial charge in [0.15, 0.2) is 0 Å². The van der Waals surface area contributed by atoms with Crippen molar-refractivity contribution in [3.63, 3.8) is 0 Å². The number of hydrogen-bond acceptors (Lipinski definition) is 7. The number of aromatic nitrogens is 2. The van der Waals surface area contributed by atoms with E-state index in [1.54, 1.807) is 6.92 Å². The Morgan fingerprint density at radius 2 is 2.14 bits per heavy atom. The molecule has 0 unspecified atom stereocenters. The quantitative estimate of drug-likeness (QED) is 0.440. The normalized spacial score (nSPS) is 26.4. The van der Waals surface area contributed by atoms with Gasteiger partial charge in [0.25, 0.3) is 5.54 Å². The van der Waals surface area contributed by atoms with Gasteiger partial charge in [-0.05, 0) is 17.9 Å². The fourth-order valence-electron chi connectivity index (χ4n) is 2.60. The van der Waals surface area contributed by atoms with E-state index in [1.807, 2.05) is 0 Å². The monoisotopic (exact) mass is 292 g/mol. The Morgan fingerprint density at radius 1 is 1.43 bits per heavy atom. The Bertz CT molecular complexity index is 761. The zero-order valence-corrected chi connectivity index (χ0v) is 10.6. The van der Waals surface area contributed by atoms with Gasteiger partial charge in [-0.1, -0.05) is 17.7 Å². The first-order valence-electron chi connectivity index (χ1n) is 5.86. The molecule has 10 heteroatoms. The van der Waals surface area contributed by atoms with Crippen LogP contribution in [0.5, 0.6) is 0 Å². The number of fused-ring (bicyclic) bond motifs is 3. The molecule has 108 valence electrons. The van der Waals surface area contributed by atoms with Crippen LogP contribution < -0.4 is 4.90 Å².